The summed E-state index contributed by atoms with van der Waals surface area (Å²) in [6.07, 6.45) is 2.48. The molecule has 7 nitrogen and oxygen atoms in total. The minimum absolute atomic E-state index is 0.0372. The zero-order chi connectivity index (χ0) is 25.7. The molecule has 0 bridgehead atoms. The Kier molecular flexibility index (Phi) is 8.38. The van der Waals surface area contributed by atoms with E-state index in [0.29, 0.717) is 42.3 Å². The summed E-state index contributed by atoms with van der Waals surface area (Å²) < 4.78 is 46.6. The van der Waals surface area contributed by atoms with Crippen molar-refractivity contribution in [2.45, 2.75) is 69.0 Å². The molecule has 1 aliphatic carbocycles. The average molecular weight is 532 g/mol. The molecule has 1 fully saturated rings. The first-order valence-corrected chi connectivity index (χ1v) is 14.3. The van der Waals surface area contributed by atoms with Crippen LogP contribution in [0.2, 0.25) is 0 Å². The Morgan fingerprint density at radius 3 is 2.33 bits per heavy atom. The van der Waals surface area contributed by atoms with E-state index in [1.165, 1.54) is 29.0 Å². The second kappa shape index (κ2) is 11.5. The molecule has 36 heavy (non-hydrogen) atoms. The van der Waals surface area contributed by atoms with Crippen molar-refractivity contribution in [3.8, 4) is 5.75 Å². The summed E-state index contributed by atoms with van der Waals surface area (Å²) in [6.45, 7) is 4.57. The van der Waals surface area contributed by atoms with Crippen molar-refractivity contribution in [3.05, 3.63) is 76.0 Å². The number of nitrogens with zero attached hydrogens (tertiary/aromatic N) is 1. The van der Waals surface area contributed by atoms with Crippen molar-refractivity contribution >= 4 is 27.3 Å². The lowest BCUT2D eigenvalue weighted by Gasteiger charge is -2.29. The van der Waals surface area contributed by atoms with Crippen molar-refractivity contribution < 1.29 is 22.3 Å². The number of aromatic nitrogens is 1. The molecule has 2 aromatic carbocycles. The summed E-state index contributed by atoms with van der Waals surface area (Å²) in [5.41, 5.74) is 1.60. The third kappa shape index (κ3) is 6.89. The molecular weight excluding hydrogens is 501 g/mol. The Morgan fingerprint density at radius 1 is 1.06 bits per heavy atom. The number of halogens is 1. The molecule has 0 unspecified atom stereocenters. The van der Waals surface area contributed by atoms with Gasteiger partial charge in [0.25, 0.3) is 5.91 Å². The van der Waals surface area contributed by atoms with E-state index in [0.717, 1.165) is 17.9 Å². The van der Waals surface area contributed by atoms with E-state index in [1.807, 2.05) is 24.3 Å². The van der Waals surface area contributed by atoms with Gasteiger partial charge in [-0.15, -0.1) is 11.3 Å². The molecular formula is C26H30FN3O4S2. The summed E-state index contributed by atoms with van der Waals surface area (Å²) in [6, 6.07) is 12.4. The van der Waals surface area contributed by atoms with Crippen LogP contribution in [0.25, 0.3) is 0 Å². The molecule has 192 valence electrons. The van der Waals surface area contributed by atoms with E-state index in [9.17, 15) is 17.6 Å². The van der Waals surface area contributed by atoms with Crippen molar-refractivity contribution in [2.24, 2.45) is 0 Å². The van der Waals surface area contributed by atoms with Crippen molar-refractivity contribution in [1.82, 2.24) is 15.0 Å². The lowest BCUT2D eigenvalue weighted by molar-refractivity contribution is 0.0920. The van der Waals surface area contributed by atoms with E-state index in [4.69, 9.17) is 4.74 Å². The van der Waals surface area contributed by atoms with Gasteiger partial charge in [0.15, 0.2) is 0 Å². The number of hydrogen-bond donors (Lipinski definition) is 2. The van der Waals surface area contributed by atoms with Crippen LogP contribution in [0.3, 0.4) is 0 Å². The second-order valence-electron chi connectivity index (χ2n) is 9.24. The maximum Gasteiger partial charge on any atom is 0.270 e. The van der Waals surface area contributed by atoms with Crippen LogP contribution in [0, 0.1) is 5.82 Å². The highest BCUT2D eigenvalue weighted by atomic mass is 32.2. The minimum atomic E-state index is -3.71. The number of sulfonamides is 1. The third-order valence-electron chi connectivity index (χ3n) is 6.20. The van der Waals surface area contributed by atoms with Crippen LogP contribution in [0.4, 0.5) is 4.39 Å². The van der Waals surface area contributed by atoms with Gasteiger partial charge in [-0.05, 0) is 73.6 Å². The molecule has 1 aromatic heterocycles. The molecule has 0 radical (unpaired) electrons. The van der Waals surface area contributed by atoms with Crippen LogP contribution in [0.15, 0.2) is 58.8 Å². The molecule has 3 aromatic rings. The highest BCUT2D eigenvalue weighted by Gasteiger charge is 2.27. The van der Waals surface area contributed by atoms with Gasteiger partial charge < -0.3 is 10.1 Å². The highest BCUT2D eigenvalue weighted by Crippen LogP contribution is 2.23. The van der Waals surface area contributed by atoms with Gasteiger partial charge in [-0.25, -0.2) is 22.5 Å². The molecule has 1 amide bonds. The van der Waals surface area contributed by atoms with Crippen LogP contribution < -0.4 is 14.8 Å². The molecule has 0 aliphatic heterocycles. The Bertz CT molecular complexity index is 1270. The van der Waals surface area contributed by atoms with E-state index < -0.39 is 15.8 Å². The molecule has 1 saturated carbocycles. The summed E-state index contributed by atoms with van der Waals surface area (Å²) in [7, 11) is -3.71. The molecule has 0 atom stereocenters. The Morgan fingerprint density at radius 2 is 1.69 bits per heavy atom. The van der Waals surface area contributed by atoms with Crippen LogP contribution in [-0.4, -0.2) is 31.4 Å². The van der Waals surface area contributed by atoms with Crippen molar-refractivity contribution in [1.29, 1.82) is 0 Å². The fourth-order valence-electron chi connectivity index (χ4n) is 4.09. The predicted octanol–water partition coefficient (Wildman–Crippen LogP) is 5.00. The van der Waals surface area contributed by atoms with Crippen LogP contribution in [0.5, 0.6) is 5.75 Å². The topological polar surface area (TPSA) is 97.4 Å². The molecule has 0 saturated heterocycles. The Balaban J connectivity index is 1.23. The number of nitrogens with one attached hydrogen (secondary N) is 2. The van der Waals surface area contributed by atoms with Gasteiger partial charge in [0.05, 0.1) is 4.90 Å². The Labute approximate surface area is 215 Å². The summed E-state index contributed by atoms with van der Waals surface area (Å²) in [4.78, 5) is 17.1. The first kappa shape index (κ1) is 26.2. The fourth-order valence-corrected chi connectivity index (χ4v) is 6.08. The zero-order valence-corrected chi connectivity index (χ0v) is 21.9. The standard InChI is InChI=1S/C26H30FN3O4S2/c1-17(2)18-3-11-22(12-4-18)34-15-25-29-24(16-35-25)26(31)28-20-7-9-21(10-8-20)30-36(32,33)23-13-5-19(27)6-14-23/h3-6,11-14,16-17,20-21,30H,7-10,15H2,1-2H3,(H,28,31). The normalized spacial score (nSPS) is 18.2. The van der Waals surface area contributed by atoms with Crippen LogP contribution in [0.1, 0.15) is 66.5 Å². The number of thiazole rings is 1. The number of benzene rings is 2. The molecule has 1 aliphatic rings. The van der Waals surface area contributed by atoms with Gasteiger partial charge in [0.2, 0.25) is 10.0 Å². The third-order valence-corrected chi connectivity index (χ3v) is 8.56. The highest BCUT2D eigenvalue weighted by molar-refractivity contribution is 7.89. The number of ether oxygens (including phenoxy) is 1. The van der Waals surface area contributed by atoms with Crippen molar-refractivity contribution in [3.63, 3.8) is 0 Å². The lowest BCUT2D eigenvalue weighted by atomic mass is 9.92. The van der Waals surface area contributed by atoms with Gasteiger partial charge >= 0.3 is 0 Å². The number of carbonyl (C=O) groups is 1. The SMILES string of the molecule is CC(C)c1ccc(OCc2nc(C(=O)NC3CCC(NS(=O)(=O)c4ccc(F)cc4)CC3)cs2)cc1. The van der Waals surface area contributed by atoms with E-state index in [1.54, 1.807) is 5.38 Å². The lowest BCUT2D eigenvalue weighted by Crippen LogP contribution is -2.43. The number of rotatable bonds is 9. The first-order valence-electron chi connectivity index (χ1n) is 12.0. The van der Waals surface area contributed by atoms with Crippen molar-refractivity contribution in [2.75, 3.05) is 0 Å². The number of hydrogen-bond acceptors (Lipinski definition) is 6. The first-order chi connectivity index (χ1) is 17.2. The van der Waals surface area contributed by atoms with E-state index in [2.05, 4.69) is 28.9 Å². The van der Waals surface area contributed by atoms with Gasteiger partial charge in [-0.3, -0.25) is 4.79 Å². The van der Waals surface area contributed by atoms with E-state index in [-0.39, 0.29) is 29.5 Å². The van der Waals surface area contributed by atoms with Crippen LogP contribution >= 0.6 is 11.3 Å². The number of carbonyl (C=O) groups excluding carboxylic acids is 1. The second-order valence-corrected chi connectivity index (χ2v) is 11.9. The fraction of sp³-hybridized carbons (Fsp3) is 0.385. The Hall–Kier alpha value is -2.82. The molecule has 2 N–H and O–H groups in total. The van der Waals surface area contributed by atoms with Gasteiger partial charge in [0, 0.05) is 17.5 Å². The molecule has 4 rings (SSSR count). The molecule has 10 heteroatoms. The maximum absolute atomic E-state index is 13.1. The predicted molar refractivity (Wildman–Crippen MR) is 137 cm³/mol. The summed E-state index contributed by atoms with van der Waals surface area (Å²) in [5.74, 6) is 0.489. The maximum atomic E-state index is 13.1. The van der Waals surface area contributed by atoms with Gasteiger partial charge in [0.1, 0.15) is 28.9 Å². The van der Waals surface area contributed by atoms with E-state index >= 15 is 0 Å². The average Bonchev–Trinajstić information content (AvgIpc) is 3.34. The quantitative estimate of drug-likeness (QED) is 0.405. The molecule has 1 heterocycles. The monoisotopic (exact) mass is 531 g/mol. The number of amides is 1. The van der Waals surface area contributed by atoms with Crippen LogP contribution in [-0.2, 0) is 16.6 Å². The largest absolute Gasteiger partial charge is 0.486 e. The van der Waals surface area contributed by atoms with Gasteiger partial charge in [-0.1, -0.05) is 26.0 Å². The minimum Gasteiger partial charge on any atom is -0.486 e. The zero-order valence-electron chi connectivity index (χ0n) is 20.2. The smallest absolute Gasteiger partial charge is 0.270 e. The van der Waals surface area contributed by atoms with Gasteiger partial charge in [-0.2, -0.15) is 0 Å². The molecule has 0 spiro atoms. The summed E-state index contributed by atoms with van der Waals surface area (Å²) in [5, 5.41) is 5.44. The summed E-state index contributed by atoms with van der Waals surface area (Å²) >= 11 is 1.38.